The van der Waals surface area contributed by atoms with Gasteiger partial charge in [-0.1, -0.05) is 283 Å². The van der Waals surface area contributed by atoms with Gasteiger partial charge in [0.15, 0.2) is 5.69 Å². The van der Waals surface area contributed by atoms with Crippen molar-refractivity contribution in [2.24, 2.45) is 0 Å². The van der Waals surface area contributed by atoms with Crippen LogP contribution >= 0.6 is 0 Å². The first kappa shape index (κ1) is 64.7. The zero-order valence-corrected chi connectivity index (χ0v) is 60.9. The lowest BCUT2D eigenvalue weighted by Crippen LogP contribution is -2.62. The largest absolute Gasteiger partial charge is 0.310 e. The summed E-state index contributed by atoms with van der Waals surface area (Å²) < 4.78 is 4.97. The predicted octanol–water partition coefficient (Wildman–Crippen LogP) is 24.0. The van der Waals surface area contributed by atoms with Crippen LogP contribution < -0.4 is 21.3 Å². The van der Waals surface area contributed by atoms with E-state index in [-0.39, 0.29) is 34.3 Å². The van der Waals surface area contributed by atoms with Crippen molar-refractivity contribution >= 4 is 89.5 Å². The summed E-state index contributed by atoms with van der Waals surface area (Å²) in [6.45, 7) is 35.8. The molecule has 0 amide bonds. The van der Waals surface area contributed by atoms with E-state index in [1.807, 2.05) is 24.3 Å². The average Bonchev–Trinajstić information content (AvgIpc) is 1.04. The number of hydrogen-bond donors (Lipinski definition) is 0. The second-order valence-corrected chi connectivity index (χ2v) is 32.7. The van der Waals surface area contributed by atoms with Crippen LogP contribution in [0.5, 0.6) is 0 Å². The third kappa shape index (κ3) is 10.7. The molecule has 0 saturated heterocycles. The summed E-state index contributed by atoms with van der Waals surface area (Å²) in [5.74, 6) is -0.352. The van der Waals surface area contributed by atoms with Crippen molar-refractivity contribution in [1.82, 2.24) is 9.13 Å². The number of para-hydroxylation sites is 4. The summed E-state index contributed by atoms with van der Waals surface area (Å²) in [6.07, 6.45) is 0. The SMILES string of the molecule is [C-]#[N+]c1ccc(-c2cccc(-c3ccc(C(C)(C)C)cc3)c2C2c3cc(-n4c5ccccc5c5ccccc54)ccc3B3c4ccc(-n5c6ccccc6c6ccccc65)cc4N(c4c(-c5ccc(C#N)cc5)cc(C(C)(C)C)cc4-c4ccc(C(C)(C)C)cc4)c4cc(C(C)(C)C)cc2c43)cc1. The van der Waals surface area contributed by atoms with Gasteiger partial charge in [0, 0.05) is 61.3 Å². The summed E-state index contributed by atoms with van der Waals surface area (Å²) in [5.41, 5.74) is 31.7. The topological polar surface area (TPSA) is 41.2 Å². The van der Waals surface area contributed by atoms with Gasteiger partial charge in [0.05, 0.1) is 46.0 Å². The van der Waals surface area contributed by atoms with Gasteiger partial charge < -0.3 is 14.0 Å². The van der Waals surface area contributed by atoms with E-state index in [4.69, 9.17) is 6.57 Å². The van der Waals surface area contributed by atoms with Gasteiger partial charge in [-0.2, -0.15) is 5.26 Å². The first-order chi connectivity index (χ1) is 49.5. The van der Waals surface area contributed by atoms with Gasteiger partial charge in [0.2, 0.25) is 6.71 Å². The van der Waals surface area contributed by atoms with Gasteiger partial charge in [-0.25, -0.2) is 4.85 Å². The summed E-state index contributed by atoms with van der Waals surface area (Å²) in [7, 11) is 0. The van der Waals surface area contributed by atoms with Gasteiger partial charge in [0.25, 0.3) is 0 Å². The van der Waals surface area contributed by atoms with E-state index in [9.17, 15) is 5.26 Å². The number of nitrogens with zero attached hydrogens (tertiary/aromatic N) is 5. The lowest BCUT2D eigenvalue weighted by Gasteiger charge is -2.45. The third-order valence-corrected chi connectivity index (χ3v) is 22.2. The van der Waals surface area contributed by atoms with E-state index >= 15 is 0 Å². The van der Waals surface area contributed by atoms with Crippen LogP contribution in [0.3, 0.4) is 0 Å². The molecule has 15 aromatic rings. The molecular weight excluding hydrogens is 1250 g/mol. The first-order valence-electron chi connectivity index (χ1n) is 36.3. The molecule has 0 bridgehead atoms. The maximum absolute atomic E-state index is 10.5. The number of fused-ring (bicyclic) bond motifs is 10. The lowest BCUT2D eigenvalue weighted by molar-refractivity contribution is 0.589. The second-order valence-electron chi connectivity index (χ2n) is 32.7. The lowest BCUT2D eigenvalue weighted by atomic mass is 9.31. The van der Waals surface area contributed by atoms with Crippen LogP contribution in [0, 0.1) is 17.9 Å². The Morgan fingerprint density at radius 3 is 1.22 bits per heavy atom. The molecule has 0 N–H and O–H groups in total. The Hall–Kier alpha value is -11.7. The summed E-state index contributed by atoms with van der Waals surface area (Å²) in [4.78, 5) is 6.62. The van der Waals surface area contributed by atoms with Crippen molar-refractivity contribution < 1.29 is 0 Å². The Morgan fingerprint density at radius 1 is 0.369 bits per heavy atom. The highest BCUT2D eigenvalue weighted by atomic mass is 15.2. The van der Waals surface area contributed by atoms with Crippen molar-refractivity contribution in [1.29, 1.82) is 5.26 Å². The molecule has 0 saturated carbocycles. The fraction of sp³-hybridized carbons (Fsp3) is 0.175. The molecule has 2 aliphatic heterocycles. The van der Waals surface area contributed by atoms with Gasteiger partial charge >= 0.3 is 0 Å². The molecule has 13 aromatic carbocycles. The van der Waals surface area contributed by atoms with E-state index in [1.165, 1.54) is 76.9 Å². The molecule has 0 radical (unpaired) electrons. The Morgan fingerprint density at radius 2 is 0.777 bits per heavy atom. The maximum atomic E-state index is 10.5. The molecule has 4 heterocycles. The molecule has 498 valence electrons. The number of hydrogen-bond acceptors (Lipinski definition) is 2. The van der Waals surface area contributed by atoms with Crippen molar-refractivity contribution in [3.8, 4) is 62.0 Å². The highest BCUT2D eigenvalue weighted by molar-refractivity contribution is 6.99. The number of benzene rings is 13. The fourth-order valence-corrected chi connectivity index (χ4v) is 16.8. The molecular formula is C97H82BN5. The molecule has 17 rings (SSSR count). The normalized spacial score (nSPS) is 13.7. The molecule has 2 aliphatic rings. The van der Waals surface area contributed by atoms with E-state index in [0.717, 1.165) is 95.0 Å². The van der Waals surface area contributed by atoms with E-state index in [2.05, 4.69) is 357 Å². The summed E-state index contributed by atoms with van der Waals surface area (Å²) in [6, 6.07) is 105. The van der Waals surface area contributed by atoms with E-state index in [0.29, 0.717) is 11.3 Å². The van der Waals surface area contributed by atoms with Crippen LogP contribution in [0.1, 0.15) is 134 Å². The Balaban J connectivity index is 1.06. The molecule has 5 nitrogen and oxygen atoms in total. The minimum atomic E-state index is -0.355. The van der Waals surface area contributed by atoms with Crippen molar-refractivity contribution in [3.63, 3.8) is 0 Å². The van der Waals surface area contributed by atoms with Crippen molar-refractivity contribution in [3.05, 3.63) is 329 Å². The van der Waals surface area contributed by atoms with Crippen LogP contribution in [0.4, 0.5) is 22.7 Å². The number of anilines is 3. The highest BCUT2D eigenvalue weighted by Gasteiger charge is 2.47. The van der Waals surface area contributed by atoms with Crippen LogP contribution in [-0.2, 0) is 21.7 Å². The zero-order chi connectivity index (χ0) is 71.2. The van der Waals surface area contributed by atoms with Gasteiger partial charge in [-0.15, -0.1) is 0 Å². The van der Waals surface area contributed by atoms with Gasteiger partial charge in [-0.3, -0.25) is 0 Å². The van der Waals surface area contributed by atoms with Crippen LogP contribution in [-0.4, -0.2) is 15.8 Å². The minimum Gasteiger partial charge on any atom is -0.310 e. The first-order valence-corrected chi connectivity index (χ1v) is 36.3. The van der Waals surface area contributed by atoms with Gasteiger partial charge in [0.1, 0.15) is 0 Å². The monoisotopic (exact) mass is 1330 g/mol. The Bertz CT molecular complexity index is 5930. The molecule has 2 aromatic heterocycles. The zero-order valence-electron chi connectivity index (χ0n) is 60.9. The second kappa shape index (κ2) is 24.0. The summed E-state index contributed by atoms with van der Waals surface area (Å²) in [5, 5.41) is 15.3. The molecule has 0 spiro atoms. The average molecular weight is 1330 g/mol. The highest BCUT2D eigenvalue weighted by Crippen LogP contribution is 2.54. The number of rotatable bonds is 8. The van der Waals surface area contributed by atoms with Crippen LogP contribution in [0.25, 0.3) is 104 Å². The molecule has 0 aliphatic carbocycles. The Labute approximate surface area is 606 Å². The fourth-order valence-electron chi connectivity index (χ4n) is 16.8. The van der Waals surface area contributed by atoms with Crippen LogP contribution in [0.2, 0.25) is 0 Å². The number of nitriles is 1. The molecule has 1 atom stereocenters. The van der Waals surface area contributed by atoms with Crippen molar-refractivity contribution in [2.75, 3.05) is 4.90 Å². The number of aromatic nitrogens is 2. The molecule has 1 unspecified atom stereocenters. The third-order valence-electron chi connectivity index (χ3n) is 22.2. The van der Waals surface area contributed by atoms with Crippen molar-refractivity contribution in [2.45, 2.75) is 111 Å². The molecule has 6 heteroatoms. The van der Waals surface area contributed by atoms with E-state index < -0.39 is 0 Å². The standard InChI is InChI=1S/C97H82BN5/c1-94(2,3)65-43-37-61(38-44-65)72-27-22-28-73(62-41-47-69(100-13)48-42-62)90(72)91-80-57-70(101-84-29-18-14-23-74(84)75-24-15-19-30-85(75)101)49-51-82(80)98-83-52-50-71(102-86-31-20-16-25-76(86)77-26-17-21-32-87(77)102)58-88(83)103(89-56-68(97(10,11)12)55-81(91)92(89)98)93-78(63-35-33-60(59-99)34-36-63)53-67(96(7,8)9)54-79(93)64-39-45-66(46-40-64)95(4,5)6/h14-58,91H,1-12H3. The van der Waals surface area contributed by atoms with Gasteiger partial charge in [-0.05, 0) is 184 Å². The van der Waals surface area contributed by atoms with E-state index in [1.54, 1.807) is 0 Å². The predicted molar refractivity (Wildman–Crippen MR) is 436 cm³/mol. The summed E-state index contributed by atoms with van der Waals surface area (Å²) >= 11 is 0. The smallest absolute Gasteiger partial charge is 0.247 e. The maximum Gasteiger partial charge on any atom is 0.247 e. The quantitative estimate of drug-likeness (QED) is 0.112. The molecule has 0 fully saturated rings. The van der Waals surface area contributed by atoms with Crippen LogP contribution in [0.15, 0.2) is 273 Å². The Kier molecular flexibility index (Phi) is 15.1. The minimum absolute atomic E-state index is 0.0595. The molecule has 103 heavy (non-hydrogen) atoms.